The Labute approximate surface area is 182 Å². The summed E-state index contributed by atoms with van der Waals surface area (Å²) in [5.41, 5.74) is 1.37. The van der Waals surface area contributed by atoms with Crippen molar-refractivity contribution in [2.24, 2.45) is 5.41 Å². The number of ether oxygens (including phenoxy) is 2. The van der Waals surface area contributed by atoms with Gasteiger partial charge in [0.25, 0.3) is 12.4 Å². The Bertz CT molecular complexity index is 880. The molecule has 1 amide bonds. The van der Waals surface area contributed by atoms with E-state index < -0.39 is 0 Å². The van der Waals surface area contributed by atoms with E-state index in [1.165, 1.54) is 5.56 Å². The summed E-state index contributed by atoms with van der Waals surface area (Å²) in [6.07, 6.45) is 3.50. The van der Waals surface area contributed by atoms with Crippen LogP contribution < -0.4 is 9.47 Å². The predicted molar refractivity (Wildman–Crippen MR) is 116 cm³/mol. The molecule has 2 aromatic rings. The SMILES string of the molecule is COc1cccc(OC)c1C(=O)N1[C@H]2CC[C@@H]1[C@@](CO)(Cc1ccccc1)C2.O=CO. The van der Waals surface area contributed by atoms with Crippen LogP contribution in [0, 0.1) is 5.41 Å². The summed E-state index contributed by atoms with van der Waals surface area (Å²) in [6.45, 7) is -0.171. The molecule has 2 aromatic carbocycles. The highest BCUT2D eigenvalue weighted by molar-refractivity contribution is 6.00. The van der Waals surface area contributed by atoms with Crippen LogP contribution in [-0.2, 0) is 11.2 Å². The highest BCUT2D eigenvalue weighted by atomic mass is 16.5. The molecule has 7 nitrogen and oxygen atoms in total. The summed E-state index contributed by atoms with van der Waals surface area (Å²) < 4.78 is 10.9. The summed E-state index contributed by atoms with van der Waals surface area (Å²) in [5, 5.41) is 17.3. The molecule has 2 N–H and O–H groups in total. The quantitative estimate of drug-likeness (QED) is 0.688. The zero-order chi connectivity index (χ0) is 22.4. The number of carbonyl (C=O) groups excluding carboxylic acids is 1. The number of carbonyl (C=O) groups is 2. The number of rotatable bonds is 6. The molecule has 0 radical (unpaired) electrons. The Morgan fingerprint density at radius 2 is 1.71 bits per heavy atom. The van der Waals surface area contributed by atoms with Crippen LogP contribution in [-0.4, -0.2) is 60.4 Å². The van der Waals surface area contributed by atoms with E-state index in [1.54, 1.807) is 26.4 Å². The van der Waals surface area contributed by atoms with Gasteiger partial charge in [0.05, 0.1) is 20.8 Å². The van der Waals surface area contributed by atoms with E-state index in [-0.39, 0.29) is 36.5 Å². The monoisotopic (exact) mass is 427 g/mol. The number of aliphatic hydroxyl groups excluding tert-OH is 1. The topological polar surface area (TPSA) is 96.3 Å². The van der Waals surface area contributed by atoms with E-state index in [4.69, 9.17) is 19.4 Å². The van der Waals surface area contributed by atoms with Crippen LogP contribution in [0.4, 0.5) is 0 Å². The second kappa shape index (κ2) is 9.83. The van der Waals surface area contributed by atoms with Gasteiger partial charge in [-0.2, -0.15) is 0 Å². The molecule has 0 unspecified atom stereocenters. The largest absolute Gasteiger partial charge is 0.496 e. The first kappa shape index (κ1) is 22.6. The maximum absolute atomic E-state index is 13.6. The number of benzene rings is 2. The number of hydrogen-bond donors (Lipinski definition) is 2. The second-order valence-corrected chi connectivity index (χ2v) is 7.99. The fraction of sp³-hybridized carbons (Fsp3) is 0.417. The van der Waals surface area contributed by atoms with E-state index in [2.05, 4.69) is 12.1 Å². The van der Waals surface area contributed by atoms with Gasteiger partial charge in [-0.25, -0.2) is 0 Å². The van der Waals surface area contributed by atoms with Crippen molar-refractivity contribution in [3.8, 4) is 11.5 Å². The standard InChI is InChI=1S/C23H27NO4.CH2O2/c1-27-18-9-6-10-19(28-2)21(18)22(26)24-17-11-12-20(24)23(14-17,15-25)13-16-7-4-3-5-8-16;2-1-3/h3-10,17,20,25H,11-15H2,1-2H3;1H,(H,2,3)/t17-,20+,23-;/m0./s1. The number of methoxy groups -OCH3 is 2. The number of hydrogen-bond acceptors (Lipinski definition) is 5. The molecule has 2 aliphatic rings. The molecular weight excluding hydrogens is 398 g/mol. The molecule has 0 spiro atoms. The van der Waals surface area contributed by atoms with Crippen molar-refractivity contribution >= 4 is 12.4 Å². The van der Waals surface area contributed by atoms with Gasteiger partial charge >= 0.3 is 0 Å². The Balaban J connectivity index is 0.000000858. The first-order chi connectivity index (χ1) is 15.0. The Hall–Kier alpha value is -3.06. The predicted octanol–water partition coefficient (Wildman–Crippen LogP) is 3.00. The van der Waals surface area contributed by atoms with Gasteiger partial charge in [-0.05, 0) is 43.4 Å². The number of amides is 1. The van der Waals surface area contributed by atoms with Crippen LogP contribution in [0.5, 0.6) is 11.5 Å². The molecule has 2 saturated heterocycles. The smallest absolute Gasteiger partial charge is 0.290 e. The Morgan fingerprint density at radius 3 is 2.26 bits per heavy atom. The molecule has 0 aromatic heterocycles. The lowest BCUT2D eigenvalue weighted by Crippen LogP contribution is -2.44. The first-order valence-electron chi connectivity index (χ1n) is 10.3. The van der Waals surface area contributed by atoms with Gasteiger partial charge in [0, 0.05) is 17.5 Å². The van der Waals surface area contributed by atoms with E-state index in [1.807, 2.05) is 29.2 Å². The third-order valence-electron chi connectivity index (χ3n) is 6.44. The first-order valence-corrected chi connectivity index (χ1v) is 10.3. The van der Waals surface area contributed by atoms with Crippen molar-refractivity contribution in [1.29, 1.82) is 0 Å². The number of aliphatic hydroxyl groups is 1. The minimum absolute atomic E-state index is 0.0184. The summed E-state index contributed by atoms with van der Waals surface area (Å²) >= 11 is 0. The fourth-order valence-corrected chi connectivity index (χ4v) is 5.21. The average molecular weight is 427 g/mol. The summed E-state index contributed by atoms with van der Waals surface area (Å²) in [5.74, 6) is 0.979. The van der Waals surface area contributed by atoms with Crippen molar-refractivity contribution in [2.45, 2.75) is 37.8 Å². The lowest BCUT2D eigenvalue weighted by Gasteiger charge is -2.36. The molecule has 2 fully saturated rings. The normalized spacial score (nSPS) is 23.6. The number of carboxylic acid groups (broad SMARTS) is 1. The van der Waals surface area contributed by atoms with Gasteiger partial charge in [-0.1, -0.05) is 36.4 Å². The molecule has 4 rings (SSSR count). The van der Waals surface area contributed by atoms with Crippen molar-refractivity contribution < 1.29 is 29.3 Å². The van der Waals surface area contributed by atoms with Crippen LogP contribution in [0.2, 0.25) is 0 Å². The number of nitrogens with zero attached hydrogens (tertiary/aromatic N) is 1. The van der Waals surface area contributed by atoms with E-state index >= 15 is 0 Å². The Kier molecular flexibility index (Phi) is 7.17. The van der Waals surface area contributed by atoms with Gasteiger partial charge in [0.2, 0.25) is 0 Å². The molecule has 2 aliphatic heterocycles. The molecule has 2 heterocycles. The summed E-state index contributed by atoms with van der Waals surface area (Å²) in [7, 11) is 3.13. The highest BCUT2D eigenvalue weighted by Crippen LogP contribution is 2.52. The Morgan fingerprint density at radius 1 is 1.10 bits per heavy atom. The zero-order valence-electron chi connectivity index (χ0n) is 17.9. The van der Waals surface area contributed by atoms with Crippen LogP contribution >= 0.6 is 0 Å². The van der Waals surface area contributed by atoms with Crippen molar-refractivity contribution in [3.05, 3.63) is 59.7 Å². The van der Waals surface area contributed by atoms with Gasteiger partial charge in [0.1, 0.15) is 17.1 Å². The summed E-state index contributed by atoms with van der Waals surface area (Å²) in [4.78, 5) is 24.0. The molecular formula is C24H29NO6. The van der Waals surface area contributed by atoms with Crippen LogP contribution in [0.1, 0.15) is 35.2 Å². The van der Waals surface area contributed by atoms with Gasteiger partial charge in [0.15, 0.2) is 0 Å². The van der Waals surface area contributed by atoms with Gasteiger partial charge in [-0.15, -0.1) is 0 Å². The van der Waals surface area contributed by atoms with E-state index in [0.717, 1.165) is 25.7 Å². The van der Waals surface area contributed by atoms with Gasteiger partial charge in [-0.3, -0.25) is 9.59 Å². The second-order valence-electron chi connectivity index (χ2n) is 7.99. The molecule has 166 valence electrons. The maximum atomic E-state index is 13.6. The van der Waals surface area contributed by atoms with Crippen molar-refractivity contribution in [1.82, 2.24) is 4.90 Å². The lowest BCUT2D eigenvalue weighted by molar-refractivity contribution is -0.122. The van der Waals surface area contributed by atoms with E-state index in [0.29, 0.717) is 17.1 Å². The molecule has 3 atom stereocenters. The molecule has 0 saturated carbocycles. The minimum Gasteiger partial charge on any atom is -0.496 e. The minimum atomic E-state index is -0.296. The number of fused-ring (bicyclic) bond motifs is 2. The molecule has 31 heavy (non-hydrogen) atoms. The van der Waals surface area contributed by atoms with Crippen LogP contribution in [0.3, 0.4) is 0 Å². The molecule has 7 heteroatoms. The molecule has 2 bridgehead atoms. The maximum Gasteiger partial charge on any atom is 0.290 e. The van der Waals surface area contributed by atoms with Gasteiger partial charge < -0.3 is 24.6 Å². The zero-order valence-corrected chi connectivity index (χ0v) is 17.9. The average Bonchev–Trinajstić information content (AvgIpc) is 3.35. The summed E-state index contributed by atoms with van der Waals surface area (Å²) in [6, 6.07) is 15.8. The van der Waals surface area contributed by atoms with Crippen molar-refractivity contribution in [2.75, 3.05) is 20.8 Å². The van der Waals surface area contributed by atoms with Crippen molar-refractivity contribution in [3.63, 3.8) is 0 Å². The highest BCUT2D eigenvalue weighted by Gasteiger charge is 2.57. The van der Waals surface area contributed by atoms with E-state index in [9.17, 15) is 9.90 Å². The third-order valence-corrected chi connectivity index (χ3v) is 6.44. The fourth-order valence-electron chi connectivity index (χ4n) is 5.21. The van der Waals surface area contributed by atoms with Crippen LogP contribution in [0.15, 0.2) is 48.5 Å². The lowest BCUT2D eigenvalue weighted by atomic mass is 9.70. The molecule has 0 aliphatic carbocycles. The van der Waals surface area contributed by atoms with Crippen LogP contribution in [0.25, 0.3) is 0 Å². The third kappa shape index (κ3) is 4.23.